The van der Waals surface area contributed by atoms with Crippen LogP contribution in [0.15, 0.2) is 246 Å². The lowest BCUT2D eigenvalue weighted by Gasteiger charge is -2.07. The minimum absolute atomic E-state index is 0.0120. The number of benzene rings is 9. The first-order chi connectivity index (χ1) is 54.7. The van der Waals surface area contributed by atoms with E-state index in [1.54, 1.807) is 66.7 Å². The molecule has 588 valence electrons. The van der Waals surface area contributed by atoms with E-state index in [1.165, 1.54) is 99.8 Å². The van der Waals surface area contributed by atoms with Crippen molar-refractivity contribution >= 4 is 125 Å². The van der Waals surface area contributed by atoms with Gasteiger partial charge in [-0.25, -0.2) is 40.4 Å². The van der Waals surface area contributed by atoms with E-state index in [1.807, 2.05) is 97.1 Å². The first kappa shape index (κ1) is 84.5. The summed E-state index contributed by atoms with van der Waals surface area (Å²) in [6.07, 6.45) is -4.47. The molecule has 0 aliphatic rings. The number of aromatic hydroxyl groups is 4. The Bertz CT molecular complexity index is 6200. The number of amides is 4. The number of nitrogens with zero attached hydrogens (tertiary/aromatic N) is 8. The molecule has 0 atom stereocenters. The summed E-state index contributed by atoms with van der Waals surface area (Å²) >= 11 is 6.60. The molecule has 0 aliphatic carbocycles. The van der Waals surface area contributed by atoms with Gasteiger partial charge in [0.25, 0.3) is 45.9 Å². The Labute approximate surface area is 692 Å². The van der Waals surface area contributed by atoms with Gasteiger partial charge in [0.2, 0.25) is 0 Å². The second kappa shape index (κ2) is 37.1. The smallest absolute Gasteiger partial charge is 0.416 e. The van der Waals surface area contributed by atoms with E-state index in [4.69, 9.17) is 0 Å². The Balaban J connectivity index is 0.000000162. The van der Waals surface area contributed by atoms with Gasteiger partial charge in [-0.1, -0.05) is 36.4 Å². The number of alkyl halides is 3. The van der Waals surface area contributed by atoms with Crippen LogP contribution in [-0.2, 0) is 6.18 Å². The quantitative estimate of drug-likeness (QED) is 0.0244. The Morgan fingerprint density at radius 2 is 0.635 bits per heavy atom. The van der Waals surface area contributed by atoms with E-state index in [0.29, 0.717) is 73.5 Å². The normalized spacial score (nSPS) is 11.7. The predicted octanol–water partition coefficient (Wildman–Crippen LogP) is 13.3. The number of hydrogen-bond acceptors (Lipinski definition) is 16. The topological polar surface area (TPSA) is 398 Å². The van der Waals surface area contributed by atoms with Crippen molar-refractivity contribution in [3.8, 4) is 45.7 Å². The lowest BCUT2D eigenvalue weighted by Crippen LogP contribution is -2.23. The molecule has 28 nitrogen and oxygen atoms in total. The SMILES string of the molecule is CC(=NNC(=O)c1cc2ccccc2cc1O)c1c(C)[nH]n(-c2ccc(I)cc2)c1=O.CC(=NNC(=O)c1ccc(O)cc1)c1c(C)[nH]n(-c2ccc(C(F)(F)F)cc2)c1=O.CC(=NNC(=O)c1ccc(O)cc1)c1c(C)[nH]n(-c2ccc(I)cc2)c1=O.CC(=NNC(=O)c1ccccc1O)c1c(C)[nH]n(-c2ccc(I)cc2)c1=O. The highest BCUT2D eigenvalue weighted by atomic mass is 127. The molecule has 13 aromatic rings. The van der Waals surface area contributed by atoms with E-state index >= 15 is 0 Å². The number of fused-ring (bicyclic) bond motifs is 1. The number of phenolic OH excluding ortho intramolecular Hbond substituents is 4. The first-order valence-corrected chi connectivity index (χ1v) is 37.6. The van der Waals surface area contributed by atoms with Crippen molar-refractivity contribution in [1.82, 2.24) is 60.8 Å². The maximum Gasteiger partial charge on any atom is 0.416 e. The fourth-order valence-corrected chi connectivity index (χ4v) is 12.6. The third kappa shape index (κ3) is 20.6. The molecule has 0 unspecified atom stereocenters. The molecule has 13 rings (SSSR count). The van der Waals surface area contributed by atoms with Crippen molar-refractivity contribution in [2.24, 2.45) is 20.4 Å². The van der Waals surface area contributed by atoms with Gasteiger partial charge in [0.1, 0.15) is 23.0 Å². The number of phenols is 4. The number of carbonyl (C=O) groups excluding carboxylic acids is 4. The summed E-state index contributed by atoms with van der Waals surface area (Å²) in [5, 5.41) is 68.2. The van der Waals surface area contributed by atoms with Crippen LogP contribution < -0.4 is 43.9 Å². The van der Waals surface area contributed by atoms with Gasteiger partial charge in [0, 0.05) is 44.6 Å². The van der Waals surface area contributed by atoms with Crippen LogP contribution in [0.5, 0.6) is 23.0 Å². The van der Waals surface area contributed by atoms with Gasteiger partial charge in [-0.2, -0.15) is 33.6 Å². The van der Waals surface area contributed by atoms with Gasteiger partial charge in [-0.3, -0.25) is 58.8 Å². The average molecular weight is 1900 g/mol. The van der Waals surface area contributed by atoms with Crippen LogP contribution in [0.1, 0.15) is 120 Å². The van der Waals surface area contributed by atoms with E-state index < -0.39 is 40.9 Å². The van der Waals surface area contributed by atoms with Crippen LogP contribution in [-0.4, -0.2) is 106 Å². The Hall–Kier alpha value is -13.0. The highest BCUT2D eigenvalue weighted by Gasteiger charge is 2.30. The highest BCUT2D eigenvalue weighted by molar-refractivity contribution is 14.1. The fraction of sp³-hybridized carbons (Fsp3) is 0.111. The molecule has 9 aromatic carbocycles. The summed E-state index contributed by atoms with van der Waals surface area (Å²) in [5.41, 5.74) is 15.7. The monoisotopic (exact) mass is 1900 g/mol. The van der Waals surface area contributed by atoms with E-state index in [9.17, 15) is 72.0 Å². The lowest BCUT2D eigenvalue weighted by atomic mass is 10.1. The standard InChI is InChI=1S/C23H19IN4O3.C20H17F3N4O3.2C19H17IN4O3/c1-13(21-14(2)27-28(23(21)31)18-9-7-17(24)8-10-18)25-26-22(30)19-11-15-5-3-4-6-16(15)12-20(19)29;1-11(24-25-18(29)13-3-9-16(28)10-4-13)17-12(2)26-27(19(17)30)15-7-5-14(6-8-15)20(21,22)23;1-11(21-22-18(26)13-3-9-16(25)10-4-13)17-12(2)23-24(19(17)27)15-7-5-14(20)6-8-15;1-11(21-22-18(26)15-5-3-4-6-16(15)25)17-12(2)23-24(19(17)27)14-9-7-13(20)8-10-14/h3-12,27,29H,1-2H3,(H,26,30);3-10,26,28H,1-2H3,(H,25,29);2*3-10,23,25H,1-2H3,(H,22,26). The molecule has 0 aliphatic heterocycles. The molecule has 0 saturated carbocycles. The Morgan fingerprint density at radius 1 is 0.357 bits per heavy atom. The van der Waals surface area contributed by atoms with Crippen molar-refractivity contribution in [3.63, 3.8) is 0 Å². The zero-order chi connectivity index (χ0) is 83.3. The van der Waals surface area contributed by atoms with Crippen LogP contribution in [0.25, 0.3) is 33.5 Å². The Morgan fingerprint density at radius 3 is 0.948 bits per heavy atom. The van der Waals surface area contributed by atoms with Crippen molar-refractivity contribution in [3.05, 3.63) is 331 Å². The molecule has 4 aromatic heterocycles. The number of aryl methyl sites for hydroxylation is 4. The molecule has 0 radical (unpaired) electrons. The zero-order valence-corrected chi connectivity index (χ0v) is 68.5. The highest BCUT2D eigenvalue weighted by Crippen LogP contribution is 2.30. The molecule has 0 spiro atoms. The van der Waals surface area contributed by atoms with E-state index in [0.717, 1.165) is 44.0 Å². The van der Waals surface area contributed by atoms with Gasteiger partial charge >= 0.3 is 6.18 Å². The number of halogens is 6. The Kier molecular flexibility index (Phi) is 27.3. The van der Waals surface area contributed by atoms with Gasteiger partial charge in [0.15, 0.2) is 0 Å². The summed E-state index contributed by atoms with van der Waals surface area (Å²) in [6, 6.07) is 54.8. The molecular weight excluding hydrogens is 1830 g/mol. The first-order valence-electron chi connectivity index (χ1n) is 34.4. The van der Waals surface area contributed by atoms with Gasteiger partial charge in [-0.15, -0.1) is 0 Å². The molecule has 0 bridgehead atoms. The second-order valence-electron chi connectivity index (χ2n) is 25.4. The summed E-state index contributed by atoms with van der Waals surface area (Å²) in [7, 11) is 0. The average Bonchev–Trinajstić information content (AvgIpc) is 1.65. The number of para-hydroxylation sites is 1. The molecule has 4 amide bonds. The summed E-state index contributed by atoms with van der Waals surface area (Å²) in [6.45, 7) is 13.4. The van der Waals surface area contributed by atoms with Crippen LogP contribution in [0.2, 0.25) is 0 Å². The second-order valence-corrected chi connectivity index (χ2v) is 29.1. The number of aromatic nitrogens is 8. The number of nitrogens with one attached hydrogen (secondary N) is 8. The minimum Gasteiger partial charge on any atom is -0.508 e. The predicted molar refractivity (Wildman–Crippen MR) is 456 cm³/mol. The number of hydrogen-bond donors (Lipinski definition) is 12. The van der Waals surface area contributed by atoms with Crippen LogP contribution in [0.4, 0.5) is 13.2 Å². The van der Waals surface area contributed by atoms with Crippen molar-refractivity contribution in [1.29, 1.82) is 0 Å². The number of carbonyl (C=O) groups is 4. The van der Waals surface area contributed by atoms with Crippen molar-refractivity contribution in [2.75, 3.05) is 0 Å². The maximum absolute atomic E-state index is 12.9. The summed E-state index contributed by atoms with van der Waals surface area (Å²) in [4.78, 5) is 100. The molecule has 115 heavy (non-hydrogen) atoms. The number of aromatic amines is 4. The number of rotatable bonds is 16. The molecule has 12 N–H and O–H groups in total. The molecular formula is C81H70F3I3N16O12. The lowest BCUT2D eigenvalue weighted by molar-refractivity contribution is -0.137. The molecule has 0 fully saturated rings. The van der Waals surface area contributed by atoms with E-state index in [-0.39, 0.29) is 73.3 Å². The number of H-pyrrole nitrogens is 4. The van der Waals surface area contributed by atoms with Crippen LogP contribution in [0, 0.1) is 38.4 Å². The van der Waals surface area contributed by atoms with E-state index in [2.05, 4.69) is 130 Å². The van der Waals surface area contributed by atoms with Gasteiger partial charge in [-0.05, 0) is 304 Å². The summed E-state index contributed by atoms with van der Waals surface area (Å²) in [5.74, 6) is -2.27. The third-order valence-corrected chi connectivity index (χ3v) is 19.4. The van der Waals surface area contributed by atoms with Gasteiger partial charge in [0.05, 0.1) is 84.5 Å². The maximum atomic E-state index is 12.9. The summed E-state index contributed by atoms with van der Waals surface area (Å²) < 4.78 is 46.8. The largest absolute Gasteiger partial charge is 0.508 e. The van der Waals surface area contributed by atoms with Crippen LogP contribution in [0.3, 0.4) is 0 Å². The van der Waals surface area contributed by atoms with Crippen LogP contribution >= 0.6 is 67.8 Å². The zero-order valence-electron chi connectivity index (χ0n) is 62.0. The molecule has 4 heterocycles. The molecule has 0 saturated heterocycles. The third-order valence-electron chi connectivity index (χ3n) is 17.3. The minimum atomic E-state index is -4.47. The van der Waals surface area contributed by atoms with Crippen molar-refractivity contribution in [2.45, 2.75) is 61.6 Å². The van der Waals surface area contributed by atoms with Gasteiger partial charge < -0.3 is 20.4 Å². The molecule has 34 heteroatoms. The number of hydrazone groups is 4. The fourth-order valence-electron chi connectivity index (χ4n) is 11.5. The van der Waals surface area contributed by atoms with Crippen molar-refractivity contribution < 1.29 is 52.8 Å².